The highest BCUT2D eigenvalue weighted by atomic mass is 16.5. The predicted octanol–water partition coefficient (Wildman–Crippen LogP) is 2.71. The second-order valence-corrected chi connectivity index (χ2v) is 7.43. The van der Waals surface area contributed by atoms with Crippen LogP contribution < -0.4 is 15.8 Å². The van der Waals surface area contributed by atoms with Crippen LogP contribution in [0.15, 0.2) is 42.6 Å². The Morgan fingerprint density at radius 2 is 1.97 bits per heavy atom. The summed E-state index contributed by atoms with van der Waals surface area (Å²) in [6.45, 7) is 1.98. The summed E-state index contributed by atoms with van der Waals surface area (Å²) in [6.07, 6.45) is 3.52. The molecule has 0 spiro atoms. The molecule has 7 nitrogen and oxygen atoms in total. The van der Waals surface area contributed by atoms with Crippen LogP contribution in [0.1, 0.15) is 23.3 Å². The second-order valence-electron chi connectivity index (χ2n) is 7.43. The van der Waals surface area contributed by atoms with E-state index in [4.69, 9.17) is 10.5 Å². The maximum Gasteiger partial charge on any atom is 0.270 e. The van der Waals surface area contributed by atoms with E-state index in [1.165, 1.54) is 0 Å². The first-order valence-corrected chi connectivity index (χ1v) is 9.74. The molecule has 2 aromatic carbocycles. The number of nitrogens with two attached hydrogens (primary N) is 1. The molecule has 29 heavy (non-hydrogen) atoms. The van der Waals surface area contributed by atoms with Crippen LogP contribution in [-0.4, -0.2) is 54.1 Å². The summed E-state index contributed by atoms with van der Waals surface area (Å²) in [6, 6.07) is 11.5. The van der Waals surface area contributed by atoms with Crippen molar-refractivity contribution < 1.29 is 9.53 Å². The second kappa shape index (κ2) is 8.05. The number of amides is 1. The Balaban J connectivity index is 1.59. The van der Waals surface area contributed by atoms with Crippen molar-refractivity contribution in [3.05, 3.63) is 48.3 Å². The van der Waals surface area contributed by atoms with E-state index in [1.807, 2.05) is 30.3 Å². The van der Waals surface area contributed by atoms with Crippen LogP contribution in [-0.2, 0) is 0 Å². The molecule has 2 heterocycles. The monoisotopic (exact) mass is 391 g/mol. The number of nitrogens with one attached hydrogen (secondary N) is 1. The highest BCUT2D eigenvalue weighted by Crippen LogP contribution is 2.32. The molecule has 0 unspecified atom stereocenters. The van der Waals surface area contributed by atoms with E-state index in [2.05, 4.69) is 27.2 Å². The average Bonchev–Trinajstić information content (AvgIpc) is 2.75. The van der Waals surface area contributed by atoms with E-state index in [9.17, 15) is 4.79 Å². The van der Waals surface area contributed by atoms with Gasteiger partial charge in [0.2, 0.25) is 0 Å². The number of hydrogen-bond acceptors (Lipinski definition) is 6. The molecule has 1 aliphatic heterocycles. The van der Waals surface area contributed by atoms with Crippen LogP contribution in [0, 0.1) is 0 Å². The van der Waals surface area contributed by atoms with Gasteiger partial charge in [0.25, 0.3) is 5.91 Å². The van der Waals surface area contributed by atoms with Gasteiger partial charge >= 0.3 is 0 Å². The molecule has 1 aromatic heterocycles. The summed E-state index contributed by atoms with van der Waals surface area (Å²) in [5.41, 5.74) is 7.97. The van der Waals surface area contributed by atoms with E-state index in [1.54, 1.807) is 19.4 Å². The highest BCUT2D eigenvalue weighted by molar-refractivity contribution is 5.98. The van der Waals surface area contributed by atoms with Crippen LogP contribution in [0.2, 0.25) is 0 Å². The topological polar surface area (TPSA) is 93.4 Å². The van der Waals surface area contributed by atoms with E-state index in [0.717, 1.165) is 42.3 Å². The molecule has 0 atom stereocenters. The zero-order valence-electron chi connectivity index (χ0n) is 16.7. The van der Waals surface area contributed by atoms with Crippen molar-refractivity contribution in [1.29, 1.82) is 0 Å². The van der Waals surface area contributed by atoms with Gasteiger partial charge in [0.1, 0.15) is 11.4 Å². The highest BCUT2D eigenvalue weighted by Gasteiger charge is 2.20. The molecule has 0 aliphatic carbocycles. The third-order valence-electron chi connectivity index (χ3n) is 5.44. The molecule has 4 rings (SSSR count). The Bertz CT molecular complexity index is 1040. The number of benzene rings is 2. The zero-order valence-corrected chi connectivity index (χ0v) is 16.7. The van der Waals surface area contributed by atoms with Gasteiger partial charge in [0, 0.05) is 23.2 Å². The van der Waals surface area contributed by atoms with Crippen LogP contribution in [0.3, 0.4) is 0 Å². The SMILES string of the molecule is COc1ccc2ccc(-c3nccc(C(=O)NC4CCN(C)CC4)n3)cc2c1N. The molecule has 150 valence electrons. The van der Waals surface area contributed by atoms with Crippen molar-refractivity contribution in [2.24, 2.45) is 0 Å². The van der Waals surface area contributed by atoms with Crippen molar-refractivity contribution in [3.63, 3.8) is 0 Å². The Hall–Kier alpha value is -3.19. The summed E-state index contributed by atoms with van der Waals surface area (Å²) in [5.74, 6) is 0.956. The van der Waals surface area contributed by atoms with Gasteiger partial charge in [0.05, 0.1) is 12.8 Å². The number of nitrogens with zero attached hydrogens (tertiary/aromatic N) is 3. The number of aromatic nitrogens is 2. The van der Waals surface area contributed by atoms with Gasteiger partial charge < -0.3 is 20.7 Å². The molecular formula is C22H25N5O2. The maximum atomic E-state index is 12.7. The minimum Gasteiger partial charge on any atom is -0.495 e. The molecule has 0 bridgehead atoms. The quantitative estimate of drug-likeness (QED) is 0.664. The third kappa shape index (κ3) is 4.00. The maximum absolute atomic E-state index is 12.7. The number of fused-ring (bicyclic) bond motifs is 1. The van der Waals surface area contributed by atoms with Gasteiger partial charge in [-0.1, -0.05) is 18.2 Å². The molecule has 3 aromatic rings. The number of carbonyl (C=O) groups is 1. The van der Waals surface area contributed by atoms with Gasteiger partial charge in [-0.25, -0.2) is 9.97 Å². The lowest BCUT2D eigenvalue weighted by atomic mass is 10.0. The van der Waals surface area contributed by atoms with Gasteiger partial charge in [0.15, 0.2) is 5.82 Å². The lowest BCUT2D eigenvalue weighted by Crippen LogP contribution is -2.43. The van der Waals surface area contributed by atoms with Crippen LogP contribution in [0.4, 0.5) is 5.69 Å². The van der Waals surface area contributed by atoms with E-state index in [0.29, 0.717) is 23.0 Å². The number of likely N-dealkylation sites (tertiary alicyclic amines) is 1. The Labute approximate surface area is 169 Å². The lowest BCUT2D eigenvalue weighted by Gasteiger charge is -2.29. The van der Waals surface area contributed by atoms with Crippen molar-refractivity contribution in [2.45, 2.75) is 18.9 Å². The van der Waals surface area contributed by atoms with Crippen molar-refractivity contribution in [1.82, 2.24) is 20.2 Å². The summed E-state index contributed by atoms with van der Waals surface area (Å²) >= 11 is 0. The van der Waals surface area contributed by atoms with Crippen LogP contribution in [0.5, 0.6) is 5.75 Å². The van der Waals surface area contributed by atoms with Crippen molar-refractivity contribution in [3.8, 4) is 17.1 Å². The number of piperidine rings is 1. The number of anilines is 1. The summed E-state index contributed by atoms with van der Waals surface area (Å²) < 4.78 is 5.32. The fourth-order valence-electron chi connectivity index (χ4n) is 3.68. The third-order valence-corrected chi connectivity index (χ3v) is 5.44. The molecule has 1 aliphatic rings. The number of nitrogen functional groups attached to an aromatic ring is 1. The molecular weight excluding hydrogens is 366 g/mol. The smallest absolute Gasteiger partial charge is 0.270 e. The molecule has 1 amide bonds. The Kier molecular flexibility index (Phi) is 5.31. The van der Waals surface area contributed by atoms with Gasteiger partial charge in [-0.2, -0.15) is 0 Å². The van der Waals surface area contributed by atoms with Crippen LogP contribution >= 0.6 is 0 Å². The molecule has 7 heteroatoms. The Morgan fingerprint density at radius 1 is 1.21 bits per heavy atom. The first-order chi connectivity index (χ1) is 14.0. The zero-order chi connectivity index (χ0) is 20.4. The van der Waals surface area contributed by atoms with Gasteiger partial charge in [-0.05, 0) is 56.6 Å². The Morgan fingerprint density at radius 3 is 2.72 bits per heavy atom. The number of methoxy groups -OCH3 is 1. The van der Waals surface area contributed by atoms with Crippen LogP contribution in [0.25, 0.3) is 22.2 Å². The summed E-state index contributed by atoms with van der Waals surface area (Å²) in [4.78, 5) is 23.8. The number of hydrogen-bond donors (Lipinski definition) is 2. The van der Waals surface area contributed by atoms with E-state index in [-0.39, 0.29) is 11.9 Å². The first kappa shape index (κ1) is 19.1. The minimum absolute atomic E-state index is 0.162. The van der Waals surface area contributed by atoms with E-state index < -0.39 is 0 Å². The number of rotatable bonds is 4. The molecule has 1 saturated heterocycles. The summed E-state index contributed by atoms with van der Waals surface area (Å²) in [5, 5.41) is 4.97. The molecule has 1 fully saturated rings. The largest absolute Gasteiger partial charge is 0.495 e. The first-order valence-electron chi connectivity index (χ1n) is 9.74. The fraction of sp³-hybridized carbons (Fsp3) is 0.318. The average molecular weight is 391 g/mol. The number of ether oxygens (including phenoxy) is 1. The van der Waals surface area contributed by atoms with Crippen molar-refractivity contribution >= 4 is 22.4 Å². The van der Waals surface area contributed by atoms with E-state index >= 15 is 0 Å². The molecule has 0 saturated carbocycles. The number of carbonyl (C=O) groups excluding carboxylic acids is 1. The minimum atomic E-state index is -0.162. The van der Waals surface area contributed by atoms with Crippen molar-refractivity contribution in [2.75, 3.05) is 33.0 Å². The standard InChI is InChI=1S/C22H25N5O2/c1-27-11-8-16(9-12-27)25-22(28)18-7-10-24-21(26-18)15-4-3-14-5-6-19(29-2)20(23)17(14)13-15/h3-7,10,13,16H,8-9,11-12,23H2,1-2H3,(H,25,28). The van der Waals surface area contributed by atoms with Gasteiger partial charge in [-0.15, -0.1) is 0 Å². The summed E-state index contributed by atoms with van der Waals surface area (Å²) in [7, 11) is 3.69. The normalized spacial score (nSPS) is 15.4. The molecule has 0 radical (unpaired) electrons. The fourth-order valence-corrected chi connectivity index (χ4v) is 3.68. The molecule has 3 N–H and O–H groups in total. The lowest BCUT2D eigenvalue weighted by molar-refractivity contribution is 0.0911. The van der Waals surface area contributed by atoms with Gasteiger partial charge in [-0.3, -0.25) is 4.79 Å². The predicted molar refractivity (Wildman–Crippen MR) is 114 cm³/mol.